The standard InChI is InChI=1S/C17H28N2O/c1-4-18-16-10-12-19(14(2)13-16)11-9-15-5-7-17(20-3)8-6-15/h5-8,14,16,18H,4,9-13H2,1-3H3. The van der Waals surface area contributed by atoms with Crippen LogP contribution in [0.5, 0.6) is 5.75 Å². The summed E-state index contributed by atoms with van der Waals surface area (Å²) in [5, 5.41) is 3.58. The highest BCUT2D eigenvalue weighted by atomic mass is 16.5. The molecular formula is C17H28N2O. The van der Waals surface area contributed by atoms with Gasteiger partial charge >= 0.3 is 0 Å². The van der Waals surface area contributed by atoms with Crippen molar-refractivity contribution in [3.63, 3.8) is 0 Å². The quantitative estimate of drug-likeness (QED) is 0.864. The molecule has 112 valence electrons. The Bertz CT molecular complexity index is 390. The first kappa shape index (κ1) is 15.3. The average molecular weight is 276 g/mol. The molecule has 0 bridgehead atoms. The summed E-state index contributed by atoms with van der Waals surface area (Å²) >= 11 is 0. The molecule has 0 spiro atoms. The predicted octanol–water partition coefficient (Wildman–Crippen LogP) is 2.70. The fraction of sp³-hybridized carbons (Fsp3) is 0.647. The summed E-state index contributed by atoms with van der Waals surface area (Å²) in [6.45, 7) is 8.02. The Hall–Kier alpha value is -1.06. The highest BCUT2D eigenvalue weighted by molar-refractivity contribution is 5.27. The van der Waals surface area contributed by atoms with Crippen molar-refractivity contribution >= 4 is 0 Å². The van der Waals surface area contributed by atoms with Crippen LogP contribution in [0.15, 0.2) is 24.3 Å². The third-order valence-electron chi connectivity index (χ3n) is 4.35. The molecule has 1 aromatic rings. The maximum atomic E-state index is 5.20. The van der Waals surface area contributed by atoms with E-state index in [1.165, 1.54) is 24.9 Å². The second-order valence-electron chi connectivity index (χ2n) is 5.76. The molecule has 0 amide bonds. The first-order chi connectivity index (χ1) is 9.72. The molecule has 1 saturated heterocycles. The van der Waals surface area contributed by atoms with Crippen LogP contribution in [0.4, 0.5) is 0 Å². The monoisotopic (exact) mass is 276 g/mol. The zero-order chi connectivity index (χ0) is 14.4. The largest absolute Gasteiger partial charge is 0.497 e. The van der Waals surface area contributed by atoms with Gasteiger partial charge in [-0.15, -0.1) is 0 Å². The highest BCUT2D eigenvalue weighted by Crippen LogP contribution is 2.18. The van der Waals surface area contributed by atoms with Gasteiger partial charge in [0.2, 0.25) is 0 Å². The number of methoxy groups -OCH3 is 1. The van der Waals surface area contributed by atoms with E-state index in [4.69, 9.17) is 4.74 Å². The molecule has 3 nitrogen and oxygen atoms in total. The van der Waals surface area contributed by atoms with Crippen LogP contribution in [0.2, 0.25) is 0 Å². The van der Waals surface area contributed by atoms with E-state index in [9.17, 15) is 0 Å². The van der Waals surface area contributed by atoms with Crippen molar-refractivity contribution in [2.45, 2.75) is 45.2 Å². The average Bonchev–Trinajstić information content (AvgIpc) is 2.47. The first-order valence-corrected chi connectivity index (χ1v) is 7.83. The van der Waals surface area contributed by atoms with Crippen molar-refractivity contribution in [2.24, 2.45) is 0 Å². The van der Waals surface area contributed by atoms with E-state index in [-0.39, 0.29) is 0 Å². The van der Waals surface area contributed by atoms with E-state index in [2.05, 4.69) is 48.3 Å². The summed E-state index contributed by atoms with van der Waals surface area (Å²) < 4.78 is 5.20. The van der Waals surface area contributed by atoms with Crippen LogP contribution in [0, 0.1) is 0 Å². The lowest BCUT2D eigenvalue weighted by Crippen LogP contribution is -2.47. The van der Waals surface area contributed by atoms with Crippen molar-refractivity contribution in [2.75, 3.05) is 26.7 Å². The van der Waals surface area contributed by atoms with Crippen molar-refractivity contribution in [3.05, 3.63) is 29.8 Å². The van der Waals surface area contributed by atoms with E-state index in [1.54, 1.807) is 7.11 Å². The number of likely N-dealkylation sites (tertiary alicyclic amines) is 1. The lowest BCUT2D eigenvalue weighted by Gasteiger charge is -2.38. The van der Waals surface area contributed by atoms with Gasteiger partial charge in [0.25, 0.3) is 0 Å². The van der Waals surface area contributed by atoms with Crippen LogP contribution in [0.3, 0.4) is 0 Å². The minimum absolute atomic E-state index is 0.686. The van der Waals surface area contributed by atoms with Crippen LogP contribution >= 0.6 is 0 Å². The van der Waals surface area contributed by atoms with Crippen LogP contribution in [-0.4, -0.2) is 43.7 Å². The van der Waals surface area contributed by atoms with Gasteiger partial charge in [-0.25, -0.2) is 0 Å². The second-order valence-corrected chi connectivity index (χ2v) is 5.76. The Morgan fingerprint density at radius 1 is 1.30 bits per heavy atom. The van der Waals surface area contributed by atoms with Gasteiger partial charge in [0.05, 0.1) is 7.11 Å². The zero-order valence-electron chi connectivity index (χ0n) is 13.1. The van der Waals surface area contributed by atoms with Gasteiger partial charge in [-0.2, -0.15) is 0 Å². The van der Waals surface area contributed by atoms with Gasteiger partial charge in [0.15, 0.2) is 0 Å². The number of nitrogens with one attached hydrogen (secondary N) is 1. The van der Waals surface area contributed by atoms with Gasteiger partial charge < -0.3 is 15.0 Å². The summed E-state index contributed by atoms with van der Waals surface area (Å²) in [5.41, 5.74) is 1.40. The van der Waals surface area contributed by atoms with Crippen molar-refractivity contribution in [1.82, 2.24) is 10.2 Å². The Balaban J connectivity index is 1.79. The predicted molar refractivity (Wildman–Crippen MR) is 84.4 cm³/mol. The molecule has 2 rings (SSSR count). The third-order valence-corrected chi connectivity index (χ3v) is 4.35. The lowest BCUT2D eigenvalue weighted by atomic mass is 9.97. The smallest absolute Gasteiger partial charge is 0.118 e. The number of rotatable bonds is 6. The maximum Gasteiger partial charge on any atom is 0.118 e. The minimum Gasteiger partial charge on any atom is -0.497 e. The number of hydrogen-bond acceptors (Lipinski definition) is 3. The van der Waals surface area contributed by atoms with E-state index in [0.717, 1.165) is 25.3 Å². The first-order valence-electron chi connectivity index (χ1n) is 7.83. The van der Waals surface area contributed by atoms with Gasteiger partial charge in [0, 0.05) is 18.6 Å². The van der Waals surface area contributed by atoms with Gasteiger partial charge in [-0.3, -0.25) is 0 Å². The van der Waals surface area contributed by atoms with Crippen LogP contribution in [0.1, 0.15) is 32.3 Å². The topological polar surface area (TPSA) is 24.5 Å². The van der Waals surface area contributed by atoms with E-state index < -0.39 is 0 Å². The molecule has 1 aliphatic rings. The van der Waals surface area contributed by atoms with Gasteiger partial charge in [-0.1, -0.05) is 19.1 Å². The Morgan fingerprint density at radius 3 is 2.65 bits per heavy atom. The summed E-state index contributed by atoms with van der Waals surface area (Å²) in [7, 11) is 1.71. The van der Waals surface area contributed by atoms with Crippen LogP contribution in [-0.2, 0) is 6.42 Å². The number of ether oxygens (including phenoxy) is 1. The maximum absolute atomic E-state index is 5.20. The summed E-state index contributed by atoms with van der Waals surface area (Å²) in [6.07, 6.45) is 3.68. The zero-order valence-corrected chi connectivity index (χ0v) is 13.1. The number of piperidine rings is 1. The van der Waals surface area contributed by atoms with Crippen molar-refractivity contribution < 1.29 is 4.74 Å². The fourth-order valence-electron chi connectivity index (χ4n) is 3.09. The molecule has 1 aliphatic heterocycles. The summed E-state index contributed by atoms with van der Waals surface area (Å²) in [6, 6.07) is 9.86. The van der Waals surface area contributed by atoms with Crippen molar-refractivity contribution in [1.29, 1.82) is 0 Å². The molecule has 0 radical (unpaired) electrons. The third kappa shape index (κ3) is 4.22. The van der Waals surface area contributed by atoms with Gasteiger partial charge in [0.1, 0.15) is 5.75 Å². The van der Waals surface area contributed by atoms with Crippen molar-refractivity contribution in [3.8, 4) is 5.75 Å². The molecule has 2 atom stereocenters. The van der Waals surface area contributed by atoms with E-state index >= 15 is 0 Å². The van der Waals surface area contributed by atoms with Crippen LogP contribution in [0.25, 0.3) is 0 Å². The molecule has 1 aromatic carbocycles. The molecule has 20 heavy (non-hydrogen) atoms. The molecule has 2 unspecified atom stereocenters. The minimum atomic E-state index is 0.686. The number of nitrogens with zero attached hydrogens (tertiary/aromatic N) is 1. The molecule has 1 N–H and O–H groups in total. The summed E-state index contributed by atoms with van der Waals surface area (Å²) in [5.74, 6) is 0.938. The summed E-state index contributed by atoms with van der Waals surface area (Å²) in [4.78, 5) is 2.62. The Morgan fingerprint density at radius 2 is 2.05 bits per heavy atom. The van der Waals surface area contributed by atoms with Gasteiger partial charge in [-0.05, 0) is 57.0 Å². The molecule has 1 fully saturated rings. The molecule has 1 heterocycles. The highest BCUT2D eigenvalue weighted by Gasteiger charge is 2.24. The molecule has 3 heteroatoms. The number of hydrogen-bond donors (Lipinski definition) is 1. The molecule has 0 saturated carbocycles. The van der Waals surface area contributed by atoms with Crippen LogP contribution < -0.4 is 10.1 Å². The molecule has 0 aliphatic carbocycles. The normalized spacial score (nSPS) is 23.8. The second kappa shape index (κ2) is 7.65. The van der Waals surface area contributed by atoms with E-state index in [1.807, 2.05) is 0 Å². The molecular weight excluding hydrogens is 248 g/mol. The lowest BCUT2D eigenvalue weighted by molar-refractivity contribution is 0.138. The Labute approximate surface area is 123 Å². The fourth-order valence-corrected chi connectivity index (χ4v) is 3.09. The molecule has 0 aromatic heterocycles. The SMILES string of the molecule is CCNC1CCN(CCc2ccc(OC)cc2)C(C)C1. The Kier molecular flexibility index (Phi) is 5.86. The number of benzene rings is 1. The van der Waals surface area contributed by atoms with E-state index in [0.29, 0.717) is 12.1 Å².